The summed E-state index contributed by atoms with van der Waals surface area (Å²) in [5.41, 5.74) is 11.8. The van der Waals surface area contributed by atoms with Gasteiger partial charge in [0.2, 0.25) is 11.4 Å². The fourth-order valence-corrected chi connectivity index (χ4v) is 9.62. The molecule has 47 heavy (non-hydrogen) atoms. The molecule has 5 heteroatoms. The third-order valence-corrected chi connectivity index (χ3v) is 12.3. The van der Waals surface area contributed by atoms with Gasteiger partial charge in [-0.15, -0.1) is 0 Å². The maximum absolute atomic E-state index is 6.55. The lowest BCUT2D eigenvalue weighted by Gasteiger charge is -2.33. The predicted octanol–water partition coefficient (Wildman–Crippen LogP) is 9.98. The summed E-state index contributed by atoms with van der Waals surface area (Å²) in [6.45, 7) is 19.6. The van der Waals surface area contributed by atoms with Crippen molar-refractivity contribution in [2.75, 3.05) is 6.54 Å². The second kappa shape index (κ2) is 12.5. The summed E-state index contributed by atoms with van der Waals surface area (Å²) in [6, 6.07) is 20.6. The molecule has 5 aromatic rings. The van der Waals surface area contributed by atoms with Gasteiger partial charge in [-0.2, -0.15) is 4.57 Å². The largest absolute Gasteiger partial charge is 0.437 e. The van der Waals surface area contributed by atoms with E-state index in [0.29, 0.717) is 24.1 Å². The predicted molar refractivity (Wildman–Crippen MR) is 200 cm³/mol. The van der Waals surface area contributed by atoms with Gasteiger partial charge in [0.1, 0.15) is 5.58 Å². The number of aromatic nitrogens is 2. The van der Waals surface area contributed by atoms with Crippen molar-refractivity contribution in [2.45, 2.75) is 90.4 Å². The summed E-state index contributed by atoms with van der Waals surface area (Å²) in [4.78, 5) is 9.89. The summed E-state index contributed by atoms with van der Waals surface area (Å²) in [5.74, 6) is 0.822. The number of aliphatic imine (C=N–C) groups is 1. The molecule has 5 heterocycles. The molecule has 0 amide bonds. The Balaban J connectivity index is 1.43. The highest BCUT2D eigenvalue weighted by atomic mass is 28.3. The van der Waals surface area contributed by atoms with Crippen LogP contribution in [0.4, 0.5) is 0 Å². The van der Waals surface area contributed by atoms with Crippen LogP contribution in [0.15, 0.2) is 101 Å². The third kappa shape index (κ3) is 5.73. The number of aryl methyl sites for hydroxylation is 1. The second-order valence-corrected chi connectivity index (χ2v) is 20.0. The molecule has 2 aliphatic heterocycles. The zero-order chi connectivity index (χ0) is 32.9. The van der Waals surface area contributed by atoms with Crippen molar-refractivity contribution in [3.05, 3.63) is 114 Å². The van der Waals surface area contributed by atoms with E-state index in [1.807, 2.05) is 12.3 Å². The summed E-state index contributed by atoms with van der Waals surface area (Å²) in [7, 11) is -1.61. The molecular weight excluding hydrogens is 591 g/mol. The lowest BCUT2D eigenvalue weighted by atomic mass is 9.77. The Kier molecular flexibility index (Phi) is 8.38. The van der Waals surface area contributed by atoms with Crippen LogP contribution in [0.1, 0.15) is 86.6 Å². The highest BCUT2D eigenvalue weighted by molar-refractivity contribution is 6.89. The minimum Gasteiger partial charge on any atom is -0.437 e. The van der Waals surface area contributed by atoms with Crippen LogP contribution in [0.3, 0.4) is 0 Å². The van der Waals surface area contributed by atoms with Gasteiger partial charge in [0.05, 0.1) is 20.3 Å². The fraction of sp³-hybridized carbons (Fsp3) is 0.357. The molecule has 2 aromatic carbocycles. The fourth-order valence-electron chi connectivity index (χ4n) is 7.87. The number of unbranched alkanes of at least 4 members (excludes halogenated alkanes) is 1. The molecule has 0 bridgehead atoms. The third-order valence-electron chi connectivity index (χ3n) is 10.2. The van der Waals surface area contributed by atoms with Gasteiger partial charge in [0, 0.05) is 51.7 Å². The van der Waals surface area contributed by atoms with Crippen LogP contribution >= 0.6 is 0 Å². The molecule has 3 aromatic heterocycles. The molecular formula is C42H48N3OSi+. The monoisotopic (exact) mass is 638 g/mol. The van der Waals surface area contributed by atoms with Crippen molar-refractivity contribution < 1.29 is 8.98 Å². The molecule has 0 saturated carbocycles. The Morgan fingerprint density at radius 3 is 2.68 bits per heavy atom. The molecule has 240 valence electrons. The van der Waals surface area contributed by atoms with Gasteiger partial charge in [-0.25, -0.2) is 4.98 Å². The van der Waals surface area contributed by atoms with E-state index in [1.165, 1.54) is 33.5 Å². The van der Waals surface area contributed by atoms with E-state index in [2.05, 4.69) is 123 Å². The average Bonchev–Trinajstić information content (AvgIpc) is 3.42. The van der Waals surface area contributed by atoms with E-state index < -0.39 is 8.07 Å². The molecule has 2 atom stereocenters. The van der Waals surface area contributed by atoms with Gasteiger partial charge in [0.25, 0.3) is 0 Å². The molecule has 0 aliphatic carbocycles. The van der Waals surface area contributed by atoms with Crippen molar-refractivity contribution in [2.24, 2.45) is 4.99 Å². The number of pyridine rings is 2. The maximum Gasteiger partial charge on any atom is 0.227 e. The Labute approximate surface area is 281 Å². The normalized spacial score (nSPS) is 18.5. The Morgan fingerprint density at radius 2 is 1.89 bits per heavy atom. The first kappa shape index (κ1) is 31.5. The van der Waals surface area contributed by atoms with E-state index in [9.17, 15) is 0 Å². The van der Waals surface area contributed by atoms with Gasteiger partial charge < -0.3 is 4.42 Å². The van der Waals surface area contributed by atoms with E-state index in [0.717, 1.165) is 59.7 Å². The van der Waals surface area contributed by atoms with E-state index in [1.54, 1.807) is 5.19 Å². The molecule has 0 fully saturated rings. The van der Waals surface area contributed by atoms with Crippen molar-refractivity contribution >= 4 is 41.0 Å². The van der Waals surface area contributed by atoms with Crippen LogP contribution in [0.5, 0.6) is 0 Å². The lowest BCUT2D eigenvalue weighted by Crippen LogP contribution is -2.54. The summed E-state index contributed by atoms with van der Waals surface area (Å²) < 4.78 is 9.20. The van der Waals surface area contributed by atoms with Gasteiger partial charge in [-0.05, 0) is 71.7 Å². The SMILES string of the molecule is C=C1CN=C(/C=C\CCC)c2c(ccc3c2oc2ncccc23)CCC2c3ccccc3-c3cc(C(C)C)c([Si](C)(C)C)c[n+]3C2C1. The van der Waals surface area contributed by atoms with Crippen LogP contribution in [-0.2, 0) is 6.42 Å². The van der Waals surface area contributed by atoms with Gasteiger partial charge in [0.15, 0.2) is 12.2 Å². The van der Waals surface area contributed by atoms with Crippen LogP contribution < -0.4 is 9.75 Å². The van der Waals surface area contributed by atoms with E-state index in [-0.39, 0.29) is 6.04 Å². The maximum atomic E-state index is 6.55. The van der Waals surface area contributed by atoms with Crippen LogP contribution in [0.2, 0.25) is 19.6 Å². The van der Waals surface area contributed by atoms with E-state index in [4.69, 9.17) is 9.41 Å². The van der Waals surface area contributed by atoms with E-state index >= 15 is 0 Å². The van der Waals surface area contributed by atoms with Crippen molar-refractivity contribution in [1.82, 2.24) is 4.98 Å². The average molecular weight is 639 g/mol. The van der Waals surface area contributed by atoms with Crippen LogP contribution in [0.25, 0.3) is 33.3 Å². The minimum absolute atomic E-state index is 0.277. The number of rotatable bonds is 5. The molecule has 0 spiro atoms. The van der Waals surface area contributed by atoms with Gasteiger partial charge in [-0.1, -0.05) is 89.8 Å². The van der Waals surface area contributed by atoms with Crippen LogP contribution in [0, 0.1) is 0 Å². The molecule has 4 nitrogen and oxygen atoms in total. The number of furan rings is 1. The van der Waals surface area contributed by atoms with Crippen molar-refractivity contribution in [3.8, 4) is 11.3 Å². The van der Waals surface area contributed by atoms with Crippen molar-refractivity contribution in [1.29, 1.82) is 0 Å². The minimum atomic E-state index is -1.61. The number of allylic oxidation sites excluding steroid dienone is 2. The van der Waals surface area contributed by atoms with Crippen LogP contribution in [-0.4, -0.2) is 25.3 Å². The Morgan fingerprint density at radius 1 is 1.06 bits per heavy atom. The number of hydrogen-bond donors (Lipinski definition) is 0. The Bertz CT molecular complexity index is 2060. The highest BCUT2D eigenvalue weighted by Gasteiger charge is 2.42. The molecule has 0 N–H and O–H groups in total. The Hall–Kier alpha value is -4.09. The summed E-state index contributed by atoms with van der Waals surface area (Å²) in [5, 5.41) is 3.72. The highest BCUT2D eigenvalue weighted by Crippen LogP contribution is 2.44. The first-order valence-electron chi connectivity index (χ1n) is 17.5. The standard InChI is InChI=1S/C42H48N3OSi/c1-8-9-10-17-36-40-29(19-21-33-34-16-13-22-43-42(34)46-41(33)40)18-20-32-30-14-11-12-15-31(30)38-24-35(27(2)3)39(47(5,6)7)26-45(38)37(32)23-28(4)25-44-36/h10-17,19,21-22,24,26-27,32,37H,4,8-9,18,20,23,25H2,1-3,5-7H3/q+1/b17-10-,44-36?. The van der Waals surface area contributed by atoms with Gasteiger partial charge >= 0.3 is 0 Å². The number of fused-ring (bicyclic) bond motifs is 11. The molecule has 2 aliphatic rings. The zero-order valence-electron chi connectivity index (χ0n) is 28.9. The quantitative estimate of drug-likeness (QED) is 0.109. The number of nitrogens with zero attached hydrogens (tertiary/aromatic N) is 3. The summed E-state index contributed by atoms with van der Waals surface area (Å²) in [6.07, 6.45) is 13.8. The molecule has 7 rings (SSSR count). The molecule has 0 radical (unpaired) electrons. The smallest absolute Gasteiger partial charge is 0.227 e. The van der Waals surface area contributed by atoms with Crippen molar-refractivity contribution in [3.63, 3.8) is 0 Å². The summed E-state index contributed by atoms with van der Waals surface area (Å²) >= 11 is 0. The zero-order valence-corrected chi connectivity index (χ0v) is 29.9. The molecule has 2 unspecified atom stereocenters. The number of hydrogen-bond acceptors (Lipinski definition) is 3. The topological polar surface area (TPSA) is 42.3 Å². The van der Waals surface area contributed by atoms with Gasteiger partial charge in [-0.3, -0.25) is 4.99 Å². The number of benzene rings is 2. The molecule has 0 saturated heterocycles. The second-order valence-electron chi connectivity index (χ2n) is 14.9. The first-order chi connectivity index (χ1) is 22.7. The lowest BCUT2D eigenvalue weighted by molar-refractivity contribution is -0.717. The first-order valence-corrected chi connectivity index (χ1v) is 21.0.